The van der Waals surface area contributed by atoms with Gasteiger partial charge in [0.05, 0.1) is 12.0 Å². The van der Waals surface area contributed by atoms with Crippen LogP contribution in [0.25, 0.3) is 11.3 Å². The van der Waals surface area contributed by atoms with Gasteiger partial charge in [-0.25, -0.2) is 4.39 Å². The number of anilines is 1. The lowest BCUT2D eigenvalue weighted by Crippen LogP contribution is -2.23. The Kier molecular flexibility index (Phi) is 6.44. The van der Waals surface area contributed by atoms with Crippen molar-refractivity contribution in [2.24, 2.45) is 0 Å². The van der Waals surface area contributed by atoms with Crippen LogP contribution in [0.2, 0.25) is 0 Å². The second-order valence-electron chi connectivity index (χ2n) is 6.96. The van der Waals surface area contributed by atoms with Gasteiger partial charge in [0.1, 0.15) is 17.3 Å². The Labute approximate surface area is 169 Å². The molecule has 0 unspecified atom stereocenters. The molecule has 0 saturated heterocycles. The summed E-state index contributed by atoms with van der Waals surface area (Å²) in [6.45, 7) is 0. The van der Waals surface area contributed by atoms with Gasteiger partial charge in [-0.1, -0.05) is 24.3 Å². The Morgan fingerprint density at radius 3 is 2.41 bits per heavy atom. The number of hydrogen-bond donors (Lipinski definition) is 1. The monoisotopic (exact) mass is 394 g/mol. The molecule has 0 spiro atoms. The number of amides is 2. The predicted octanol–water partition coefficient (Wildman–Crippen LogP) is 4.29. The number of aryl methyl sites for hydroxylation is 1. The first-order valence-corrected chi connectivity index (χ1v) is 9.35. The molecule has 0 fully saturated rings. The molecule has 6 heteroatoms. The van der Waals surface area contributed by atoms with Gasteiger partial charge in [0.2, 0.25) is 11.8 Å². The van der Waals surface area contributed by atoms with Gasteiger partial charge in [0.15, 0.2) is 0 Å². The molecule has 3 aromatic rings. The molecular formula is C23H23FN2O3. The summed E-state index contributed by atoms with van der Waals surface area (Å²) in [6.07, 6.45) is 0.977. The van der Waals surface area contributed by atoms with Crippen molar-refractivity contribution in [2.45, 2.75) is 19.3 Å². The number of hydrogen-bond acceptors (Lipinski definition) is 3. The third-order valence-corrected chi connectivity index (χ3v) is 4.49. The summed E-state index contributed by atoms with van der Waals surface area (Å²) >= 11 is 0. The lowest BCUT2D eigenvalue weighted by Gasteiger charge is -2.10. The van der Waals surface area contributed by atoms with Gasteiger partial charge in [0, 0.05) is 32.6 Å². The Balaban J connectivity index is 1.51. The van der Waals surface area contributed by atoms with E-state index in [1.54, 1.807) is 61.5 Å². The molecule has 0 bridgehead atoms. The number of nitrogens with one attached hydrogen (secondary N) is 1. The third-order valence-electron chi connectivity index (χ3n) is 4.49. The first-order chi connectivity index (χ1) is 13.9. The van der Waals surface area contributed by atoms with Crippen LogP contribution >= 0.6 is 0 Å². The highest BCUT2D eigenvalue weighted by Gasteiger charge is 2.11. The Morgan fingerprint density at radius 1 is 1.00 bits per heavy atom. The van der Waals surface area contributed by atoms with E-state index < -0.39 is 0 Å². The Bertz CT molecular complexity index is 993. The zero-order chi connectivity index (χ0) is 20.8. The van der Waals surface area contributed by atoms with E-state index in [1.807, 2.05) is 12.1 Å². The van der Waals surface area contributed by atoms with Gasteiger partial charge in [-0.05, 0) is 42.0 Å². The van der Waals surface area contributed by atoms with Gasteiger partial charge in [-0.2, -0.15) is 0 Å². The number of likely N-dealkylation sites (N-methyl/N-ethyl adjacent to an activating group) is 1. The van der Waals surface area contributed by atoms with Crippen molar-refractivity contribution in [2.75, 3.05) is 19.4 Å². The number of halogens is 1. The molecule has 2 aromatic carbocycles. The summed E-state index contributed by atoms with van der Waals surface area (Å²) in [6, 6.07) is 17.1. The van der Waals surface area contributed by atoms with Gasteiger partial charge < -0.3 is 14.6 Å². The normalized spacial score (nSPS) is 10.6. The van der Waals surface area contributed by atoms with Crippen LogP contribution in [0.3, 0.4) is 0 Å². The number of carbonyl (C=O) groups is 2. The molecule has 0 aliphatic carbocycles. The fourth-order valence-electron chi connectivity index (χ4n) is 2.82. The molecule has 3 rings (SSSR count). The van der Waals surface area contributed by atoms with E-state index in [0.717, 1.165) is 5.56 Å². The summed E-state index contributed by atoms with van der Waals surface area (Å²) < 4.78 is 19.5. The average Bonchev–Trinajstić information content (AvgIpc) is 3.17. The molecule has 0 atom stereocenters. The molecule has 1 heterocycles. The molecule has 150 valence electrons. The van der Waals surface area contributed by atoms with Crippen LogP contribution in [0.15, 0.2) is 65.1 Å². The van der Waals surface area contributed by atoms with Crippen LogP contribution in [0.4, 0.5) is 10.1 Å². The summed E-state index contributed by atoms with van der Waals surface area (Å²) in [4.78, 5) is 25.5. The van der Waals surface area contributed by atoms with E-state index in [2.05, 4.69) is 5.32 Å². The number of benzene rings is 2. The molecule has 1 N–H and O–H groups in total. The highest BCUT2D eigenvalue weighted by molar-refractivity contribution is 5.90. The third kappa shape index (κ3) is 5.54. The van der Waals surface area contributed by atoms with Gasteiger partial charge in [-0.3, -0.25) is 9.59 Å². The highest BCUT2D eigenvalue weighted by Crippen LogP contribution is 2.25. The molecule has 0 aliphatic rings. The smallest absolute Gasteiger partial charge is 0.226 e. The fraction of sp³-hybridized carbons (Fsp3) is 0.217. The minimum atomic E-state index is -0.345. The molecular weight excluding hydrogens is 371 g/mol. The Morgan fingerprint density at radius 2 is 1.72 bits per heavy atom. The number of rotatable bonds is 7. The van der Waals surface area contributed by atoms with Crippen molar-refractivity contribution in [3.05, 3.63) is 77.8 Å². The zero-order valence-electron chi connectivity index (χ0n) is 16.4. The van der Waals surface area contributed by atoms with E-state index in [9.17, 15) is 14.0 Å². The maximum Gasteiger partial charge on any atom is 0.226 e. The minimum Gasteiger partial charge on any atom is -0.461 e. The second kappa shape index (κ2) is 9.19. The molecule has 2 amide bonds. The highest BCUT2D eigenvalue weighted by atomic mass is 19.1. The first kappa shape index (κ1) is 20.3. The number of carbonyl (C=O) groups excluding carboxylic acids is 2. The summed E-state index contributed by atoms with van der Waals surface area (Å²) in [5, 5.41) is 2.83. The molecule has 5 nitrogen and oxygen atoms in total. The average molecular weight is 394 g/mol. The zero-order valence-corrected chi connectivity index (χ0v) is 16.4. The van der Waals surface area contributed by atoms with E-state index in [1.165, 1.54) is 6.07 Å². The first-order valence-electron chi connectivity index (χ1n) is 9.35. The molecule has 0 aliphatic heterocycles. The number of nitrogens with zero attached hydrogens (tertiary/aromatic N) is 1. The van der Waals surface area contributed by atoms with E-state index in [0.29, 0.717) is 35.6 Å². The standard InChI is InChI=1S/C23H23FN2O3/c1-26(2)23(28)15-16-7-9-17(10-8-16)25-22(27)14-12-18-11-13-21(29-18)19-5-3-4-6-20(19)24/h3-11,13H,12,14-15H2,1-2H3,(H,25,27). The van der Waals surface area contributed by atoms with Crippen LogP contribution in [0, 0.1) is 5.82 Å². The van der Waals surface area contributed by atoms with E-state index in [4.69, 9.17) is 4.42 Å². The largest absolute Gasteiger partial charge is 0.461 e. The van der Waals surface area contributed by atoms with Crippen molar-refractivity contribution in [1.29, 1.82) is 0 Å². The summed E-state index contributed by atoms with van der Waals surface area (Å²) in [7, 11) is 3.44. The quantitative estimate of drug-likeness (QED) is 0.650. The van der Waals surface area contributed by atoms with Crippen LogP contribution in [0.1, 0.15) is 17.7 Å². The van der Waals surface area contributed by atoms with Gasteiger partial charge in [-0.15, -0.1) is 0 Å². The van der Waals surface area contributed by atoms with E-state index in [-0.39, 0.29) is 24.1 Å². The lowest BCUT2D eigenvalue weighted by molar-refractivity contribution is -0.128. The lowest BCUT2D eigenvalue weighted by atomic mass is 10.1. The van der Waals surface area contributed by atoms with Crippen molar-refractivity contribution in [3.8, 4) is 11.3 Å². The van der Waals surface area contributed by atoms with Crippen LogP contribution in [-0.2, 0) is 22.4 Å². The predicted molar refractivity (Wildman–Crippen MR) is 110 cm³/mol. The maximum atomic E-state index is 13.8. The Hall–Kier alpha value is -3.41. The van der Waals surface area contributed by atoms with Crippen LogP contribution in [0.5, 0.6) is 0 Å². The molecule has 1 aromatic heterocycles. The van der Waals surface area contributed by atoms with Crippen molar-refractivity contribution in [1.82, 2.24) is 4.90 Å². The van der Waals surface area contributed by atoms with E-state index >= 15 is 0 Å². The van der Waals surface area contributed by atoms with Crippen LogP contribution in [-0.4, -0.2) is 30.8 Å². The fourth-order valence-corrected chi connectivity index (χ4v) is 2.82. The van der Waals surface area contributed by atoms with Crippen molar-refractivity contribution >= 4 is 17.5 Å². The van der Waals surface area contributed by atoms with Crippen molar-refractivity contribution in [3.63, 3.8) is 0 Å². The summed E-state index contributed by atoms with van der Waals surface area (Å²) in [5.74, 6) is 0.597. The molecule has 0 saturated carbocycles. The second-order valence-corrected chi connectivity index (χ2v) is 6.96. The molecule has 0 radical (unpaired) electrons. The maximum absolute atomic E-state index is 13.8. The number of furan rings is 1. The summed E-state index contributed by atoms with van der Waals surface area (Å²) in [5.41, 5.74) is 1.96. The van der Waals surface area contributed by atoms with Gasteiger partial charge in [0.25, 0.3) is 0 Å². The SMILES string of the molecule is CN(C)C(=O)Cc1ccc(NC(=O)CCc2ccc(-c3ccccc3F)o2)cc1. The van der Waals surface area contributed by atoms with Crippen molar-refractivity contribution < 1.29 is 18.4 Å². The molecule has 29 heavy (non-hydrogen) atoms. The van der Waals surface area contributed by atoms with Crippen LogP contribution < -0.4 is 5.32 Å². The minimum absolute atomic E-state index is 0.0231. The van der Waals surface area contributed by atoms with Gasteiger partial charge >= 0.3 is 0 Å². The topological polar surface area (TPSA) is 62.6 Å².